The maximum atomic E-state index is 5.55. The second-order valence-electron chi connectivity index (χ2n) is 3.44. The molecular weight excluding hydrogens is 192 g/mol. The van der Waals surface area contributed by atoms with Crippen molar-refractivity contribution in [1.82, 2.24) is 0 Å². The van der Waals surface area contributed by atoms with Crippen LogP contribution in [0.1, 0.15) is 11.1 Å². The summed E-state index contributed by atoms with van der Waals surface area (Å²) in [5, 5.41) is 0. The van der Waals surface area contributed by atoms with E-state index < -0.39 is 0 Å². The van der Waals surface area contributed by atoms with Crippen molar-refractivity contribution in [3.05, 3.63) is 41.5 Å². The molecule has 0 unspecified atom stereocenters. The lowest BCUT2D eigenvalue weighted by molar-refractivity contribution is 0.353. The predicted molar refractivity (Wildman–Crippen MR) is 64.4 cm³/mol. The molecule has 0 bridgehead atoms. The van der Waals surface area contributed by atoms with Crippen molar-refractivity contribution in [1.29, 1.82) is 0 Å². The van der Waals surface area contributed by atoms with Crippen molar-refractivity contribution >= 4 is 12.6 Å². The van der Waals surface area contributed by atoms with Gasteiger partial charge in [0.2, 0.25) is 0 Å². The number of benzene rings is 1. The molecule has 0 saturated heterocycles. The summed E-state index contributed by atoms with van der Waals surface area (Å²) in [5.41, 5.74) is 3.52. The predicted octanol–water partition coefficient (Wildman–Crippen LogP) is 3.17. The minimum atomic E-state index is 0.548. The molecule has 0 atom stereocenters. The average Bonchev–Trinajstić information content (AvgIpc) is 2.19. The molecule has 0 spiro atoms. The van der Waals surface area contributed by atoms with Gasteiger partial charge in [-0.15, -0.1) is 0 Å². The minimum Gasteiger partial charge on any atom is -0.489 e. The molecule has 0 aliphatic rings. The standard InChI is InChI=1S/C12H16OS/c1-9(8-14)7-13-12-5-4-10(2)11(3)6-12/h4-6,14H,1,7-8H2,2-3H3. The fourth-order valence-electron chi connectivity index (χ4n) is 1.03. The summed E-state index contributed by atoms with van der Waals surface area (Å²) in [7, 11) is 0. The van der Waals surface area contributed by atoms with Crippen LogP contribution in [0.15, 0.2) is 30.4 Å². The van der Waals surface area contributed by atoms with Crippen LogP contribution in [0.3, 0.4) is 0 Å². The highest BCUT2D eigenvalue weighted by atomic mass is 32.1. The summed E-state index contributed by atoms with van der Waals surface area (Å²) < 4.78 is 5.55. The van der Waals surface area contributed by atoms with Gasteiger partial charge in [-0.3, -0.25) is 0 Å². The average molecular weight is 208 g/mol. The van der Waals surface area contributed by atoms with E-state index in [0.29, 0.717) is 12.4 Å². The van der Waals surface area contributed by atoms with Crippen LogP contribution in [0, 0.1) is 13.8 Å². The zero-order valence-corrected chi connectivity index (χ0v) is 9.60. The fraction of sp³-hybridized carbons (Fsp3) is 0.333. The molecule has 0 aromatic heterocycles. The number of thiol groups is 1. The Labute approximate surface area is 91.2 Å². The van der Waals surface area contributed by atoms with Crippen LogP contribution in [0.25, 0.3) is 0 Å². The smallest absolute Gasteiger partial charge is 0.120 e. The van der Waals surface area contributed by atoms with Crippen LogP contribution in [0.4, 0.5) is 0 Å². The van der Waals surface area contributed by atoms with Gasteiger partial charge in [-0.2, -0.15) is 12.6 Å². The van der Waals surface area contributed by atoms with E-state index in [2.05, 4.69) is 39.1 Å². The zero-order valence-electron chi connectivity index (χ0n) is 8.71. The van der Waals surface area contributed by atoms with Gasteiger partial charge in [-0.05, 0) is 42.7 Å². The van der Waals surface area contributed by atoms with Crippen LogP contribution < -0.4 is 4.74 Å². The highest BCUT2D eigenvalue weighted by molar-refractivity contribution is 7.80. The Morgan fingerprint density at radius 1 is 1.36 bits per heavy atom. The van der Waals surface area contributed by atoms with E-state index in [1.165, 1.54) is 11.1 Å². The van der Waals surface area contributed by atoms with E-state index in [4.69, 9.17) is 4.74 Å². The SMILES string of the molecule is C=C(CS)COc1ccc(C)c(C)c1. The van der Waals surface area contributed by atoms with Gasteiger partial charge in [0, 0.05) is 5.75 Å². The largest absolute Gasteiger partial charge is 0.489 e. The number of rotatable bonds is 4. The van der Waals surface area contributed by atoms with Gasteiger partial charge in [0.25, 0.3) is 0 Å². The first kappa shape index (κ1) is 11.2. The summed E-state index contributed by atoms with van der Waals surface area (Å²) in [5.74, 6) is 1.57. The van der Waals surface area contributed by atoms with E-state index in [0.717, 1.165) is 11.3 Å². The third-order valence-corrected chi connectivity index (χ3v) is 2.59. The number of hydrogen-bond acceptors (Lipinski definition) is 2. The van der Waals surface area contributed by atoms with E-state index >= 15 is 0 Å². The van der Waals surface area contributed by atoms with Crippen molar-refractivity contribution in [3.63, 3.8) is 0 Å². The van der Waals surface area contributed by atoms with Crippen molar-refractivity contribution < 1.29 is 4.74 Å². The lowest BCUT2D eigenvalue weighted by atomic mass is 10.1. The quantitative estimate of drug-likeness (QED) is 0.590. The molecule has 0 N–H and O–H groups in total. The molecule has 0 heterocycles. The minimum absolute atomic E-state index is 0.548. The van der Waals surface area contributed by atoms with Crippen LogP contribution >= 0.6 is 12.6 Å². The van der Waals surface area contributed by atoms with Gasteiger partial charge < -0.3 is 4.74 Å². The molecule has 1 nitrogen and oxygen atoms in total. The van der Waals surface area contributed by atoms with Gasteiger partial charge >= 0.3 is 0 Å². The number of hydrogen-bond donors (Lipinski definition) is 1. The summed E-state index contributed by atoms with van der Waals surface area (Å²) in [6.45, 7) is 8.54. The van der Waals surface area contributed by atoms with Crippen molar-refractivity contribution in [2.45, 2.75) is 13.8 Å². The van der Waals surface area contributed by atoms with Crippen LogP contribution in [0.5, 0.6) is 5.75 Å². The lowest BCUT2D eigenvalue weighted by Crippen LogP contribution is -2.01. The summed E-state index contributed by atoms with van der Waals surface area (Å²) in [6.07, 6.45) is 0. The highest BCUT2D eigenvalue weighted by Gasteiger charge is 1.97. The second kappa shape index (κ2) is 5.11. The van der Waals surface area contributed by atoms with Crippen molar-refractivity contribution in [3.8, 4) is 5.75 Å². The Bertz CT molecular complexity index is 331. The molecule has 14 heavy (non-hydrogen) atoms. The van der Waals surface area contributed by atoms with Crippen LogP contribution in [-0.4, -0.2) is 12.4 Å². The van der Waals surface area contributed by atoms with Crippen molar-refractivity contribution in [2.75, 3.05) is 12.4 Å². The molecule has 0 radical (unpaired) electrons. The third-order valence-electron chi connectivity index (χ3n) is 2.14. The second-order valence-corrected chi connectivity index (χ2v) is 3.76. The van der Waals surface area contributed by atoms with Gasteiger partial charge in [0.15, 0.2) is 0 Å². The topological polar surface area (TPSA) is 9.23 Å². The normalized spacial score (nSPS) is 9.93. The molecule has 0 aliphatic carbocycles. The Morgan fingerprint density at radius 2 is 2.07 bits per heavy atom. The van der Waals surface area contributed by atoms with Crippen LogP contribution in [-0.2, 0) is 0 Å². The molecule has 1 aromatic rings. The van der Waals surface area contributed by atoms with E-state index in [-0.39, 0.29) is 0 Å². The van der Waals surface area contributed by atoms with Gasteiger partial charge in [-0.25, -0.2) is 0 Å². The Morgan fingerprint density at radius 3 is 2.64 bits per heavy atom. The zero-order chi connectivity index (χ0) is 10.6. The molecule has 0 fully saturated rings. The highest BCUT2D eigenvalue weighted by Crippen LogP contribution is 2.16. The molecule has 2 heteroatoms. The monoisotopic (exact) mass is 208 g/mol. The number of aryl methyl sites for hydroxylation is 2. The van der Waals surface area contributed by atoms with E-state index in [9.17, 15) is 0 Å². The molecule has 0 saturated carbocycles. The van der Waals surface area contributed by atoms with Crippen molar-refractivity contribution in [2.24, 2.45) is 0 Å². The third kappa shape index (κ3) is 3.11. The molecule has 1 rings (SSSR count). The summed E-state index contributed by atoms with van der Waals surface area (Å²) >= 11 is 4.12. The Balaban J connectivity index is 2.60. The molecule has 1 aromatic carbocycles. The molecule has 0 aliphatic heterocycles. The fourth-order valence-corrected chi connectivity index (χ4v) is 1.13. The van der Waals surface area contributed by atoms with Gasteiger partial charge in [0.1, 0.15) is 12.4 Å². The van der Waals surface area contributed by atoms with E-state index in [1.54, 1.807) is 0 Å². The Hall–Kier alpha value is -0.890. The summed E-state index contributed by atoms with van der Waals surface area (Å²) in [6, 6.07) is 6.09. The molecule has 0 amide bonds. The summed E-state index contributed by atoms with van der Waals surface area (Å²) in [4.78, 5) is 0. The first-order chi connectivity index (χ1) is 6.63. The first-order valence-corrected chi connectivity index (χ1v) is 5.24. The van der Waals surface area contributed by atoms with Gasteiger partial charge in [0.05, 0.1) is 0 Å². The first-order valence-electron chi connectivity index (χ1n) is 4.61. The molecular formula is C12H16OS. The Kier molecular flexibility index (Phi) is 4.08. The van der Waals surface area contributed by atoms with E-state index in [1.807, 2.05) is 12.1 Å². The molecule has 76 valence electrons. The lowest BCUT2D eigenvalue weighted by Gasteiger charge is -2.08. The van der Waals surface area contributed by atoms with Crippen LogP contribution in [0.2, 0.25) is 0 Å². The van der Waals surface area contributed by atoms with Gasteiger partial charge in [-0.1, -0.05) is 12.6 Å². The maximum Gasteiger partial charge on any atom is 0.120 e. The number of ether oxygens (including phenoxy) is 1. The maximum absolute atomic E-state index is 5.55.